The lowest BCUT2D eigenvalue weighted by Crippen LogP contribution is -2.21. The lowest BCUT2D eigenvalue weighted by atomic mass is 10.3. The summed E-state index contributed by atoms with van der Waals surface area (Å²) in [5, 5.41) is 5.34. The van der Waals surface area contributed by atoms with Gasteiger partial charge in [-0.3, -0.25) is 0 Å². The number of benzene rings is 1. The Morgan fingerprint density at radius 2 is 1.30 bits per heavy atom. The number of rotatable bonds is 9. The van der Waals surface area contributed by atoms with Crippen LogP contribution >= 0.6 is 15.8 Å². The van der Waals surface area contributed by atoms with E-state index in [-0.39, 0.29) is 15.8 Å². The molecule has 0 saturated heterocycles. The van der Waals surface area contributed by atoms with Gasteiger partial charge in [-0.1, -0.05) is 89.4 Å². The van der Waals surface area contributed by atoms with Crippen LogP contribution in [0.3, 0.4) is 0 Å². The summed E-state index contributed by atoms with van der Waals surface area (Å²) in [5.41, 5.74) is 4.49. The van der Waals surface area contributed by atoms with Crippen molar-refractivity contribution in [3.63, 3.8) is 0 Å². The first kappa shape index (κ1) is 20.9. The Labute approximate surface area is 147 Å². The zero-order valence-corrected chi connectivity index (χ0v) is 18.2. The van der Waals surface area contributed by atoms with Gasteiger partial charge in [-0.05, 0) is 40.2 Å². The van der Waals surface area contributed by atoms with Gasteiger partial charge in [-0.2, -0.15) is 0 Å². The van der Waals surface area contributed by atoms with E-state index in [1.165, 1.54) is 11.8 Å². The lowest BCUT2D eigenvalue weighted by Gasteiger charge is -2.29. The molecule has 0 heterocycles. The molecular formula is C20H37NP2. The van der Waals surface area contributed by atoms with Gasteiger partial charge >= 0.3 is 0 Å². The van der Waals surface area contributed by atoms with Gasteiger partial charge in [0, 0.05) is 12.2 Å². The molecule has 0 aromatic heterocycles. The third-order valence-corrected chi connectivity index (χ3v) is 10.9. The summed E-state index contributed by atoms with van der Waals surface area (Å²) < 4.78 is 0. The molecule has 0 bridgehead atoms. The second-order valence-corrected chi connectivity index (χ2v) is 14.4. The first-order valence-corrected chi connectivity index (χ1v) is 12.3. The molecule has 1 nitrogen and oxygen atoms in total. The van der Waals surface area contributed by atoms with Gasteiger partial charge in [0.15, 0.2) is 0 Å². The molecule has 3 heteroatoms. The number of nitrogens with one attached hydrogen (secondary N) is 1. The first-order valence-electron chi connectivity index (χ1n) is 9.12. The van der Waals surface area contributed by atoms with Crippen molar-refractivity contribution < 1.29 is 0 Å². The molecule has 23 heavy (non-hydrogen) atoms. The van der Waals surface area contributed by atoms with E-state index in [9.17, 15) is 0 Å². The highest BCUT2D eigenvalue weighted by atomic mass is 31.1. The number of anilines is 1. The zero-order valence-electron chi connectivity index (χ0n) is 16.4. The fraction of sp³-hybridized carbons (Fsp3) is 0.700. The molecule has 1 aromatic carbocycles. The van der Waals surface area contributed by atoms with Crippen LogP contribution in [0, 0.1) is 0 Å². The van der Waals surface area contributed by atoms with Gasteiger partial charge < -0.3 is 5.32 Å². The van der Waals surface area contributed by atoms with Crippen LogP contribution in [-0.4, -0.2) is 35.3 Å². The molecule has 132 valence electrons. The van der Waals surface area contributed by atoms with E-state index in [1.54, 1.807) is 5.30 Å². The Kier molecular flexibility index (Phi) is 9.10. The van der Waals surface area contributed by atoms with Crippen molar-refractivity contribution in [3.05, 3.63) is 24.3 Å². The van der Waals surface area contributed by atoms with Crippen molar-refractivity contribution in [3.8, 4) is 0 Å². The molecule has 0 saturated carbocycles. The number of hydrogen-bond acceptors (Lipinski definition) is 1. The molecule has 0 radical (unpaired) electrons. The van der Waals surface area contributed by atoms with Crippen LogP contribution in [0.4, 0.5) is 5.69 Å². The number of para-hydroxylation sites is 1. The molecular weight excluding hydrogens is 316 g/mol. The minimum Gasteiger partial charge on any atom is -0.384 e. The van der Waals surface area contributed by atoms with Crippen LogP contribution in [0.5, 0.6) is 0 Å². The summed E-state index contributed by atoms with van der Waals surface area (Å²) in [4.78, 5) is 0. The summed E-state index contributed by atoms with van der Waals surface area (Å²) in [6, 6.07) is 9.01. The minimum atomic E-state index is -0.109. The second kappa shape index (κ2) is 10.0. The average molecular weight is 353 g/mol. The van der Waals surface area contributed by atoms with Crippen molar-refractivity contribution in [2.45, 2.75) is 78.0 Å². The molecule has 0 atom stereocenters. The van der Waals surface area contributed by atoms with E-state index in [4.69, 9.17) is 0 Å². The molecule has 1 N–H and O–H groups in total. The quantitative estimate of drug-likeness (QED) is 0.512. The van der Waals surface area contributed by atoms with Gasteiger partial charge in [0.2, 0.25) is 0 Å². The van der Waals surface area contributed by atoms with Gasteiger partial charge in [-0.25, -0.2) is 0 Å². The van der Waals surface area contributed by atoms with E-state index in [0.717, 1.165) is 29.2 Å². The summed E-state index contributed by atoms with van der Waals surface area (Å²) in [7, 11) is 0.00948. The monoisotopic (exact) mass is 353 g/mol. The number of hydrogen-bond donors (Lipinski definition) is 1. The zero-order chi connectivity index (χ0) is 17.6. The molecule has 0 aliphatic rings. The standard InChI is InChI=1S/C20H37NP2/c1-15(2)22(16(3)4)14-13-21-19-11-9-10-12-20(19)23(17(5)6)18(7)8/h9-12,15-18,21H,13-14H2,1-8H3. The Morgan fingerprint density at radius 1 is 0.783 bits per heavy atom. The molecule has 1 aromatic rings. The SMILES string of the molecule is CC(C)P(CCNc1ccccc1P(C(C)C)C(C)C)C(C)C. The van der Waals surface area contributed by atoms with Gasteiger partial charge in [0.05, 0.1) is 0 Å². The van der Waals surface area contributed by atoms with Crippen molar-refractivity contribution in [2.75, 3.05) is 18.0 Å². The van der Waals surface area contributed by atoms with Crippen LogP contribution in [0.15, 0.2) is 24.3 Å². The third kappa shape index (κ3) is 6.36. The van der Waals surface area contributed by atoms with Crippen molar-refractivity contribution in [2.24, 2.45) is 0 Å². The average Bonchev–Trinajstić information content (AvgIpc) is 2.43. The van der Waals surface area contributed by atoms with Crippen LogP contribution in [-0.2, 0) is 0 Å². The highest BCUT2D eigenvalue weighted by Gasteiger charge is 2.22. The fourth-order valence-electron chi connectivity index (χ4n) is 3.43. The largest absolute Gasteiger partial charge is 0.384 e. The smallest absolute Gasteiger partial charge is 0.0418 e. The van der Waals surface area contributed by atoms with E-state index >= 15 is 0 Å². The summed E-state index contributed by atoms with van der Waals surface area (Å²) in [6.45, 7) is 20.1. The van der Waals surface area contributed by atoms with Crippen molar-refractivity contribution in [1.29, 1.82) is 0 Å². The van der Waals surface area contributed by atoms with E-state index < -0.39 is 0 Å². The van der Waals surface area contributed by atoms with Crippen molar-refractivity contribution in [1.82, 2.24) is 0 Å². The van der Waals surface area contributed by atoms with E-state index in [1.807, 2.05) is 0 Å². The third-order valence-electron chi connectivity index (χ3n) is 4.31. The summed E-state index contributed by atoms with van der Waals surface area (Å²) >= 11 is 0. The topological polar surface area (TPSA) is 12.0 Å². The summed E-state index contributed by atoms with van der Waals surface area (Å²) in [5.74, 6) is 0. The molecule has 1 rings (SSSR count). The second-order valence-electron chi connectivity index (χ2n) is 7.46. The van der Waals surface area contributed by atoms with E-state index in [2.05, 4.69) is 85.0 Å². The van der Waals surface area contributed by atoms with Crippen molar-refractivity contribution >= 4 is 26.8 Å². The van der Waals surface area contributed by atoms with E-state index in [0.29, 0.717) is 0 Å². The highest BCUT2D eigenvalue weighted by Crippen LogP contribution is 2.47. The van der Waals surface area contributed by atoms with Crippen LogP contribution < -0.4 is 10.6 Å². The van der Waals surface area contributed by atoms with Crippen LogP contribution in [0.1, 0.15) is 55.4 Å². The predicted molar refractivity (Wildman–Crippen MR) is 114 cm³/mol. The van der Waals surface area contributed by atoms with Gasteiger partial charge in [-0.15, -0.1) is 0 Å². The molecule has 0 aliphatic heterocycles. The molecule has 0 amide bonds. The van der Waals surface area contributed by atoms with Gasteiger partial charge in [0.1, 0.15) is 0 Å². The van der Waals surface area contributed by atoms with Crippen LogP contribution in [0.25, 0.3) is 0 Å². The lowest BCUT2D eigenvalue weighted by molar-refractivity contribution is 0.992. The Balaban J connectivity index is 2.82. The fourth-order valence-corrected chi connectivity index (χ4v) is 9.02. The predicted octanol–water partition coefficient (Wildman–Crippen LogP) is 6.32. The molecule has 0 fully saturated rings. The highest BCUT2D eigenvalue weighted by molar-refractivity contribution is 7.67. The minimum absolute atomic E-state index is 0.109. The Morgan fingerprint density at radius 3 is 1.78 bits per heavy atom. The Hall–Kier alpha value is -0.120. The maximum Gasteiger partial charge on any atom is 0.0418 e. The maximum absolute atomic E-state index is 3.78. The maximum atomic E-state index is 3.78. The summed E-state index contributed by atoms with van der Waals surface area (Å²) in [6.07, 6.45) is 1.32. The molecule has 0 unspecified atom stereocenters. The molecule has 0 aliphatic carbocycles. The van der Waals surface area contributed by atoms with Gasteiger partial charge in [0.25, 0.3) is 0 Å². The van der Waals surface area contributed by atoms with Crippen LogP contribution in [0.2, 0.25) is 0 Å². The first-order chi connectivity index (χ1) is 10.8. The normalized spacial score (nSPS) is 12.4. The Bertz CT molecular complexity index is 439. The molecule has 0 spiro atoms.